The lowest BCUT2D eigenvalue weighted by Gasteiger charge is -2.14. The van der Waals surface area contributed by atoms with Gasteiger partial charge in [-0.15, -0.1) is 0 Å². The third-order valence-electron chi connectivity index (χ3n) is 4.12. The second kappa shape index (κ2) is 7.18. The van der Waals surface area contributed by atoms with Crippen LogP contribution in [0.25, 0.3) is 11.0 Å². The number of aryl methyl sites for hydroxylation is 2. The molecule has 0 aliphatic heterocycles. The average molecular weight is 382 g/mol. The molecule has 0 spiro atoms. The molecular formula is C17H19FN10. The van der Waals surface area contributed by atoms with Gasteiger partial charge >= 0.3 is 0 Å². The maximum absolute atomic E-state index is 13.1. The molecule has 0 unspecified atom stereocenters. The molecule has 0 amide bonds. The topological polar surface area (TPSA) is 111 Å². The highest BCUT2D eigenvalue weighted by atomic mass is 19.1. The van der Waals surface area contributed by atoms with E-state index in [4.69, 9.17) is 0 Å². The van der Waals surface area contributed by atoms with Gasteiger partial charge in [-0.3, -0.25) is 0 Å². The van der Waals surface area contributed by atoms with Crippen molar-refractivity contribution in [2.24, 2.45) is 7.05 Å². The van der Waals surface area contributed by atoms with Crippen LogP contribution in [0.3, 0.4) is 0 Å². The van der Waals surface area contributed by atoms with Gasteiger partial charge in [0.1, 0.15) is 17.5 Å². The first kappa shape index (κ1) is 17.8. The van der Waals surface area contributed by atoms with E-state index >= 15 is 0 Å². The second-order valence-electron chi connectivity index (χ2n) is 6.27. The van der Waals surface area contributed by atoms with Crippen molar-refractivity contribution in [3.63, 3.8) is 0 Å². The largest absolute Gasteiger partial charge is 0.344 e. The molecule has 0 saturated heterocycles. The minimum Gasteiger partial charge on any atom is -0.344 e. The molecule has 28 heavy (non-hydrogen) atoms. The number of imidazole rings is 1. The van der Waals surface area contributed by atoms with Crippen molar-refractivity contribution in [2.45, 2.75) is 26.4 Å². The third kappa shape index (κ3) is 3.46. The van der Waals surface area contributed by atoms with Crippen molar-refractivity contribution in [3.8, 4) is 0 Å². The zero-order chi connectivity index (χ0) is 19.7. The lowest BCUT2D eigenvalue weighted by atomic mass is 10.3. The van der Waals surface area contributed by atoms with Crippen LogP contribution in [-0.4, -0.2) is 39.3 Å². The molecule has 10 nitrogen and oxygen atoms in total. The van der Waals surface area contributed by atoms with Gasteiger partial charge in [-0.25, -0.2) is 24.0 Å². The quantitative estimate of drug-likeness (QED) is 0.523. The van der Waals surface area contributed by atoms with Crippen LogP contribution in [0.15, 0.2) is 31.1 Å². The summed E-state index contributed by atoms with van der Waals surface area (Å²) >= 11 is 0. The number of nitrogens with one attached hydrogen (secondary N) is 2. The maximum atomic E-state index is 13.1. The molecule has 0 saturated carbocycles. The number of anilines is 3. The van der Waals surface area contributed by atoms with Gasteiger partial charge in [0.05, 0.1) is 36.3 Å². The summed E-state index contributed by atoms with van der Waals surface area (Å²) in [5.74, 6) is 1.57. The molecule has 0 fully saturated rings. The zero-order valence-corrected chi connectivity index (χ0v) is 15.6. The molecule has 4 heterocycles. The fourth-order valence-electron chi connectivity index (χ4n) is 2.75. The van der Waals surface area contributed by atoms with Crippen LogP contribution in [0.4, 0.5) is 22.0 Å². The molecular weight excluding hydrogens is 363 g/mol. The van der Waals surface area contributed by atoms with E-state index in [1.54, 1.807) is 17.2 Å². The van der Waals surface area contributed by atoms with Crippen LogP contribution < -0.4 is 10.6 Å². The first-order chi connectivity index (χ1) is 13.5. The zero-order valence-electron chi connectivity index (χ0n) is 15.6. The van der Waals surface area contributed by atoms with Crippen LogP contribution in [0.5, 0.6) is 0 Å². The maximum Gasteiger partial charge on any atom is 0.227 e. The summed E-state index contributed by atoms with van der Waals surface area (Å²) in [7, 11) is 1.89. The number of hydrogen-bond acceptors (Lipinski definition) is 8. The van der Waals surface area contributed by atoms with Crippen LogP contribution >= 0.6 is 0 Å². The van der Waals surface area contributed by atoms with Gasteiger partial charge in [-0.2, -0.15) is 15.1 Å². The summed E-state index contributed by atoms with van der Waals surface area (Å²) in [6.45, 7) is 4.51. The molecule has 0 aliphatic carbocycles. The van der Waals surface area contributed by atoms with E-state index in [-0.39, 0.29) is 6.04 Å². The van der Waals surface area contributed by atoms with Crippen molar-refractivity contribution in [3.05, 3.63) is 42.8 Å². The molecule has 2 N–H and O–H groups in total. The molecule has 1 atom stereocenters. The van der Waals surface area contributed by atoms with E-state index in [0.717, 1.165) is 17.8 Å². The second-order valence-corrected chi connectivity index (χ2v) is 6.27. The Morgan fingerprint density at radius 3 is 2.61 bits per heavy atom. The molecule has 0 bridgehead atoms. The minimum atomic E-state index is -0.484. The fourth-order valence-corrected chi connectivity index (χ4v) is 2.75. The molecule has 4 aromatic rings. The van der Waals surface area contributed by atoms with Gasteiger partial charge in [-0.05, 0) is 13.8 Å². The Kier molecular flexibility index (Phi) is 4.55. The summed E-state index contributed by atoms with van der Waals surface area (Å²) in [5.41, 5.74) is 0.686. The van der Waals surface area contributed by atoms with Gasteiger partial charge in [-0.1, -0.05) is 0 Å². The molecule has 0 aromatic carbocycles. The minimum absolute atomic E-state index is 0.321. The Morgan fingerprint density at radius 2 is 1.93 bits per heavy atom. The van der Waals surface area contributed by atoms with E-state index < -0.39 is 5.82 Å². The number of fused-ring (bicyclic) bond motifs is 1. The molecule has 11 heteroatoms. The standard InChI is InChI=1S/C17H19FN10/c1-4-28-16-12(7-22-28)15(24-13-8-27(3)9-21-13)25-17(26-16)23-10(2)14-19-5-11(18)6-20-14/h5-10H,4H2,1-3H3,(H2,23,24,25,26)/t10-/m1/s1. The average Bonchev–Trinajstić information content (AvgIpc) is 3.28. The van der Waals surface area contributed by atoms with E-state index in [1.807, 2.05) is 31.7 Å². The van der Waals surface area contributed by atoms with E-state index in [1.165, 1.54) is 0 Å². The number of aromatic nitrogens is 8. The monoisotopic (exact) mass is 382 g/mol. The Bertz CT molecular complexity index is 1100. The van der Waals surface area contributed by atoms with Gasteiger partial charge in [0.2, 0.25) is 5.95 Å². The lowest BCUT2D eigenvalue weighted by Crippen LogP contribution is -2.14. The Balaban J connectivity index is 1.70. The number of nitrogens with zero attached hydrogens (tertiary/aromatic N) is 8. The Labute approximate surface area is 159 Å². The van der Waals surface area contributed by atoms with Crippen molar-refractivity contribution in [1.82, 2.24) is 39.3 Å². The Hall–Kier alpha value is -3.63. The van der Waals surface area contributed by atoms with Crippen molar-refractivity contribution in [2.75, 3.05) is 10.6 Å². The van der Waals surface area contributed by atoms with E-state index in [9.17, 15) is 4.39 Å². The summed E-state index contributed by atoms with van der Waals surface area (Å²) in [6.07, 6.45) is 7.53. The van der Waals surface area contributed by atoms with Gasteiger partial charge in [0.25, 0.3) is 0 Å². The molecule has 144 valence electrons. The SMILES string of the molecule is CCn1ncc2c(Nc3cn(C)cn3)nc(N[C@H](C)c3ncc(F)cn3)nc21. The summed E-state index contributed by atoms with van der Waals surface area (Å²) in [5, 5.41) is 11.5. The molecule has 0 radical (unpaired) electrons. The van der Waals surface area contributed by atoms with Gasteiger partial charge in [0, 0.05) is 19.8 Å². The van der Waals surface area contributed by atoms with Gasteiger partial charge in [0.15, 0.2) is 11.5 Å². The first-order valence-electron chi connectivity index (χ1n) is 8.76. The molecule has 0 aliphatic rings. The predicted molar refractivity (Wildman–Crippen MR) is 102 cm³/mol. The van der Waals surface area contributed by atoms with Gasteiger partial charge < -0.3 is 15.2 Å². The smallest absolute Gasteiger partial charge is 0.227 e. The lowest BCUT2D eigenvalue weighted by molar-refractivity contribution is 0.604. The number of rotatable bonds is 6. The number of halogens is 1. The first-order valence-corrected chi connectivity index (χ1v) is 8.76. The molecule has 4 rings (SSSR count). The highest BCUT2D eigenvalue weighted by molar-refractivity contribution is 5.89. The summed E-state index contributed by atoms with van der Waals surface area (Å²) in [4.78, 5) is 21.4. The van der Waals surface area contributed by atoms with E-state index in [0.29, 0.717) is 35.6 Å². The third-order valence-corrected chi connectivity index (χ3v) is 4.12. The van der Waals surface area contributed by atoms with Crippen LogP contribution in [0.2, 0.25) is 0 Å². The van der Waals surface area contributed by atoms with Crippen molar-refractivity contribution in [1.29, 1.82) is 0 Å². The highest BCUT2D eigenvalue weighted by Crippen LogP contribution is 2.25. The van der Waals surface area contributed by atoms with Crippen molar-refractivity contribution < 1.29 is 4.39 Å². The van der Waals surface area contributed by atoms with Crippen LogP contribution in [0, 0.1) is 5.82 Å². The number of hydrogen-bond donors (Lipinski definition) is 2. The summed E-state index contributed by atoms with van der Waals surface area (Å²) < 4.78 is 16.7. The molecule has 4 aromatic heterocycles. The Morgan fingerprint density at radius 1 is 1.14 bits per heavy atom. The van der Waals surface area contributed by atoms with Crippen molar-refractivity contribution >= 4 is 28.6 Å². The summed E-state index contributed by atoms with van der Waals surface area (Å²) in [6, 6.07) is -0.321. The predicted octanol–water partition coefficient (Wildman–Crippen LogP) is 2.43. The normalized spacial score (nSPS) is 12.3. The highest BCUT2D eigenvalue weighted by Gasteiger charge is 2.16. The van der Waals surface area contributed by atoms with Crippen LogP contribution in [-0.2, 0) is 13.6 Å². The fraction of sp³-hybridized carbons (Fsp3) is 0.294. The van der Waals surface area contributed by atoms with E-state index in [2.05, 4.69) is 40.7 Å². The van der Waals surface area contributed by atoms with Crippen LogP contribution in [0.1, 0.15) is 25.7 Å².